The van der Waals surface area contributed by atoms with Crippen LogP contribution in [0.25, 0.3) is 0 Å². The standard InChI is InChI=1S/C12H16N2O4S.ClH/c1-19(16,17)8-12(15)14-10-2-3-11-9(6-10)7-13-4-5-18-11;/h2-3,6,13H,4-5,7-8H2,1H3,(H,14,15);1H. The van der Waals surface area contributed by atoms with Crippen molar-refractivity contribution in [3.8, 4) is 5.75 Å². The fourth-order valence-corrected chi connectivity index (χ4v) is 2.38. The van der Waals surface area contributed by atoms with Gasteiger partial charge >= 0.3 is 0 Å². The third-order valence-electron chi connectivity index (χ3n) is 2.59. The van der Waals surface area contributed by atoms with Crippen LogP contribution < -0.4 is 15.4 Å². The van der Waals surface area contributed by atoms with Crippen molar-refractivity contribution in [2.24, 2.45) is 0 Å². The van der Waals surface area contributed by atoms with Crippen molar-refractivity contribution in [3.63, 3.8) is 0 Å². The minimum atomic E-state index is -3.32. The number of anilines is 1. The van der Waals surface area contributed by atoms with E-state index in [-0.39, 0.29) is 12.4 Å². The van der Waals surface area contributed by atoms with E-state index in [1.807, 2.05) is 0 Å². The Labute approximate surface area is 124 Å². The smallest absolute Gasteiger partial charge is 0.239 e. The Hall–Kier alpha value is -1.31. The number of amides is 1. The summed E-state index contributed by atoms with van der Waals surface area (Å²) in [5.74, 6) is -0.269. The number of sulfone groups is 1. The third-order valence-corrected chi connectivity index (χ3v) is 3.38. The number of rotatable bonds is 3. The lowest BCUT2D eigenvalue weighted by Crippen LogP contribution is -2.22. The summed E-state index contributed by atoms with van der Waals surface area (Å²) in [6.45, 7) is 2.03. The van der Waals surface area contributed by atoms with Gasteiger partial charge in [0.15, 0.2) is 9.84 Å². The first kappa shape index (κ1) is 16.7. The molecule has 1 heterocycles. The fraction of sp³-hybridized carbons (Fsp3) is 0.417. The lowest BCUT2D eigenvalue weighted by molar-refractivity contribution is -0.113. The molecule has 0 saturated carbocycles. The van der Waals surface area contributed by atoms with Gasteiger partial charge in [0.2, 0.25) is 5.91 Å². The lowest BCUT2D eigenvalue weighted by Gasteiger charge is -2.10. The van der Waals surface area contributed by atoms with E-state index in [1.165, 1.54) is 0 Å². The number of hydrogen-bond acceptors (Lipinski definition) is 5. The van der Waals surface area contributed by atoms with Crippen LogP contribution in [0.2, 0.25) is 0 Å². The molecule has 0 fully saturated rings. The van der Waals surface area contributed by atoms with Crippen LogP contribution in [0.5, 0.6) is 5.75 Å². The van der Waals surface area contributed by atoms with Crippen LogP contribution >= 0.6 is 12.4 Å². The predicted octanol–water partition coefficient (Wildman–Crippen LogP) is 0.573. The van der Waals surface area contributed by atoms with Gasteiger partial charge in [0.1, 0.15) is 18.1 Å². The molecular weight excluding hydrogens is 304 g/mol. The zero-order valence-electron chi connectivity index (χ0n) is 11.0. The summed E-state index contributed by atoms with van der Waals surface area (Å²) in [5.41, 5.74) is 1.51. The van der Waals surface area contributed by atoms with Crippen molar-refractivity contribution in [1.82, 2.24) is 5.32 Å². The van der Waals surface area contributed by atoms with Gasteiger partial charge in [0.05, 0.1) is 0 Å². The van der Waals surface area contributed by atoms with Crippen LogP contribution in [-0.2, 0) is 21.2 Å². The monoisotopic (exact) mass is 320 g/mol. The number of carbonyl (C=O) groups excluding carboxylic acids is 1. The van der Waals surface area contributed by atoms with Crippen molar-refractivity contribution in [1.29, 1.82) is 0 Å². The highest BCUT2D eigenvalue weighted by molar-refractivity contribution is 7.91. The van der Waals surface area contributed by atoms with Crippen molar-refractivity contribution >= 4 is 33.8 Å². The van der Waals surface area contributed by atoms with E-state index in [1.54, 1.807) is 18.2 Å². The molecule has 0 unspecified atom stereocenters. The Morgan fingerprint density at radius 3 is 2.90 bits per heavy atom. The minimum absolute atomic E-state index is 0. The van der Waals surface area contributed by atoms with E-state index < -0.39 is 21.5 Å². The topological polar surface area (TPSA) is 84.5 Å². The molecule has 0 saturated heterocycles. The van der Waals surface area contributed by atoms with Gasteiger partial charge in [-0.3, -0.25) is 4.79 Å². The summed E-state index contributed by atoms with van der Waals surface area (Å²) in [5, 5.41) is 5.76. The number of benzene rings is 1. The summed E-state index contributed by atoms with van der Waals surface area (Å²) in [7, 11) is -3.32. The Kier molecular flexibility index (Phi) is 5.79. The molecule has 2 rings (SSSR count). The Bertz CT molecular complexity index is 589. The van der Waals surface area contributed by atoms with Crippen molar-refractivity contribution in [2.45, 2.75) is 6.54 Å². The molecule has 1 amide bonds. The van der Waals surface area contributed by atoms with Gasteiger partial charge < -0.3 is 15.4 Å². The van der Waals surface area contributed by atoms with Crippen LogP contribution in [0.3, 0.4) is 0 Å². The second-order valence-corrected chi connectivity index (χ2v) is 6.61. The predicted molar refractivity (Wildman–Crippen MR) is 79.2 cm³/mol. The Balaban J connectivity index is 0.00000200. The van der Waals surface area contributed by atoms with Gasteiger partial charge in [-0.1, -0.05) is 0 Å². The Morgan fingerprint density at radius 1 is 1.45 bits per heavy atom. The number of ether oxygens (including phenoxy) is 1. The van der Waals surface area contributed by atoms with Crippen LogP contribution in [0.4, 0.5) is 5.69 Å². The zero-order valence-corrected chi connectivity index (χ0v) is 12.6. The van der Waals surface area contributed by atoms with Crippen LogP contribution in [0.15, 0.2) is 18.2 Å². The molecule has 8 heteroatoms. The van der Waals surface area contributed by atoms with Crippen LogP contribution in [0, 0.1) is 0 Å². The molecule has 0 radical (unpaired) electrons. The summed E-state index contributed by atoms with van der Waals surface area (Å²) in [4.78, 5) is 11.5. The number of fused-ring (bicyclic) bond motifs is 1. The first-order valence-corrected chi connectivity index (χ1v) is 7.94. The summed E-state index contributed by atoms with van der Waals surface area (Å²) in [6, 6.07) is 5.26. The van der Waals surface area contributed by atoms with Gasteiger partial charge in [0, 0.05) is 30.6 Å². The normalized spacial score (nSPS) is 14.2. The maximum atomic E-state index is 11.5. The van der Waals surface area contributed by atoms with Crippen molar-refractivity contribution < 1.29 is 17.9 Å². The van der Waals surface area contributed by atoms with E-state index in [0.29, 0.717) is 18.8 Å². The second kappa shape index (κ2) is 6.92. The second-order valence-electron chi connectivity index (χ2n) is 4.47. The SMILES string of the molecule is CS(=O)(=O)CC(=O)Nc1ccc2c(c1)CNCCO2.Cl. The van der Waals surface area contributed by atoms with Gasteiger partial charge in [-0.25, -0.2) is 8.42 Å². The molecule has 1 aliphatic heterocycles. The molecule has 1 aromatic carbocycles. The molecule has 0 spiro atoms. The van der Waals surface area contributed by atoms with E-state index in [0.717, 1.165) is 24.1 Å². The number of carbonyl (C=O) groups is 1. The van der Waals surface area contributed by atoms with Crippen LogP contribution in [-0.4, -0.2) is 39.5 Å². The highest BCUT2D eigenvalue weighted by Crippen LogP contribution is 2.24. The van der Waals surface area contributed by atoms with E-state index >= 15 is 0 Å². The molecule has 0 bridgehead atoms. The van der Waals surface area contributed by atoms with Gasteiger partial charge in [-0.05, 0) is 18.2 Å². The molecule has 6 nitrogen and oxygen atoms in total. The lowest BCUT2D eigenvalue weighted by atomic mass is 10.1. The Morgan fingerprint density at radius 2 is 2.20 bits per heavy atom. The van der Waals surface area contributed by atoms with Gasteiger partial charge in [-0.2, -0.15) is 0 Å². The minimum Gasteiger partial charge on any atom is -0.492 e. The van der Waals surface area contributed by atoms with Gasteiger partial charge in [0.25, 0.3) is 0 Å². The molecule has 0 aromatic heterocycles. The number of nitrogens with one attached hydrogen (secondary N) is 2. The molecule has 2 N–H and O–H groups in total. The quantitative estimate of drug-likeness (QED) is 0.851. The summed E-state index contributed by atoms with van der Waals surface area (Å²) < 4.78 is 27.6. The molecule has 0 atom stereocenters. The zero-order chi connectivity index (χ0) is 13.9. The molecule has 1 aromatic rings. The van der Waals surface area contributed by atoms with E-state index in [2.05, 4.69) is 10.6 Å². The fourth-order valence-electron chi connectivity index (χ4n) is 1.83. The summed E-state index contributed by atoms with van der Waals surface area (Å²) >= 11 is 0. The average Bonchev–Trinajstić information content (AvgIpc) is 2.50. The molecular formula is C12H17ClN2O4S. The average molecular weight is 321 g/mol. The highest BCUT2D eigenvalue weighted by Gasteiger charge is 2.13. The van der Waals surface area contributed by atoms with Crippen LogP contribution in [0.1, 0.15) is 5.56 Å². The molecule has 112 valence electrons. The molecule has 1 aliphatic rings. The van der Waals surface area contributed by atoms with Gasteiger partial charge in [-0.15, -0.1) is 12.4 Å². The summed E-state index contributed by atoms with van der Waals surface area (Å²) in [6.07, 6.45) is 1.03. The highest BCUT2D eigenvalue weighted by atomic mass is 35.5. The first-order chi connectivity index (χ1) is 8.94. The van der Waals surface area contributed by atoms with Crippen molar-refractivity contribution in [3.05, 3.63) is 23.8 Å². The van der Waals surface area contributed by atoms with E-state index in [9.17, 15) is 13.2 Å². The largest absolute Gasteiger partial charge is 0.492 e. The van der Waals surface area contributed by atoms with E-state index in [4.69, 9.17) is 4.74 Å². The molecule has 0 aliphatic carbocycles. The maximum absolute atomic E-state index is 11.5. The van der Waals surface area contributed by atoms with Crippen molar-refractivity contribution in [2.75, 3.05) is 30.5 Å². The maximum Gasteiger partial charge on any atom is 0.239 e. The number of hydrogen-bond donors (Lipinski definition) is 2. The molecule has 20 heavy (non-hydrogen) atoms. The third kappa shape index (κ3) is 4.99. The number of halogens is 1. The first-order valence-electron chi connectivity index (χ1n) is 5.88.